The first-order valence-corrected chi connectivity index (χ1v) is 10.5. The fourth-order valence-corrected chi connectivity index (χ4v) is 3.64. The Morgan fingerprint density at radius 1 is 1.06 bits per heavy atom. The van der Waals surface area contributed by atoms with Crippen LogP contribution in [0.1, 0.15) is 32.6 Å². The highest BCUT2D eigenvalue weighted by Gasteiger charge is 2.10. The maximum atomic E-state index is 12.2. The van der Waals surface area contributed by atoms with Gasteiger partial charge in [-0.2, -0.15) is 5.26 Å². The summed E-state index contributed by atoms with van der Waals surface area (Å²) in [5, 5.41) is 18.6. The lowest BCUT2D eigenvalue weighted by molar-refractivity contribution is 0.0992. The number of fused-ring (bicyclic) bond motifs is 1. The number of H-pyrrole nitrogens is 1. The number of aromatic amines is 1. The highest BCUT2D eigenvalue weighted by molar-refractivity contribution is 6.31. The maximum absolute atomic E-state index is 12.2. The van der Waals surface area contributed by atoms with Crippen LogP contribution in [0.5, 0.6) is 0 Å². The van der Waals surface area contributed by atoms with Gasteiger partial charge in [0.25, 0.3) is 0 Å². The van der Waals surface area contributed by atoms with Crippen LogP contribution in [0.15, 0.2) is 83.2 Å². The average molecular weight is 441 g/mol. The first-order valence-electron chi connectivity index (χ1n) is 10.1. The number of hydrogen-bond acceptors (Lipinski definition) is 3. The van der Waals surface area contributed by atoms with E-state index in [0.29, 0.717) is 35.5 Å². The van der Waals surface area contributed by atoms with E-state index in [4.69, 9.17) is 11.6 Å². The Labute approximate surface area is 189 Å². The van der Waals surface area contributed by atoms with Crippen LogP contribution >= 0.6 is 11.6 Å². The molecule has 1 aromatic heterocycles. The Hall–Kier alpha value is -4.04. The van der Waals surface area contributed by atoms with Gasteiger partial charge in [-0.3, -0.25) is 4.79 Å². The number of halogens is 1. The first-order chi connectivity index (χ1) is 15.6. The van der Waals surface area contributed by atoms with E-state index < -0.39 is 5.91 Å². The number of nitrogens with zero attached hydrogens (tertiary/aromatic N) is 4. The molecule has 3 aromatic carbocycles. The topological polar surface area (TPSA) is 95.5 Å². The monoisotopic (exact) mass is 440 g/mol. The second-order valence-corrected chi connectivity index (χ2v) is 7.69. The number of benzene rings is 3. The van der Waals surface area contributed by atoms with Crippen molar-refractivity contribution in [1.82, 2.24) is 9.90 Å². The van der Waals surface area contributed by atoms with E-state index in [-0.39, 0.29) is 0 Å². The highest BCUT2D eigenvalue weighted by Crippen LogP contribution is 2.22. The first kappa shape index (κ1) is 21.2. The van der Waals surface area contributed by atoms with Crippen LogP contribution in [-0.4, -0.2) is 17.4 Å². The minimum atomic E-state index is -0.448. The molecule has 0 aliphatic carbocycles. The largest absolute Gasteiger partial charge is 0.361 e. The van der Waals surface area contributed by atoms with Crippen molar-refractivity contribution in [3.8, 4) is 6.07 Å². The summed E-state index contributed by atoms with van der Waals surface area (Å²) in [7, 11) is 0. The summed E-state index contributed by atoms with van der Waals surface area (Å²) in [5.41, 5.74) is 5.14. The van der Waals surface area contributed by atoms with Gasteiger partial charge in [-0.15, -0.1) is 0 Å². The molecular weight excluding hydrogens is 422 g/mol. The van der Waals surface area contributed by atoms with Gasteiger partial charge < -0.3 is 4.98 Å². The van der Waals surface area contributed by atoms with E-state index in [1.165, 1.54) is 0 Å². The zero-order chi connectivity index (χ0) is 22.3. The number of carbonyl (C=O) groups is 1. The molecule has 0 spiro atoms. The molecule has 0 aliphatic rings. The molecule has 156 valence electrons. The Kier molecular flexibility index (Phi) is 6.52. The number of carbonyl (C=O) groups excluding carboxylic acids is 1. The summed E-state index contributed by atoms with van der Waals surface area (Å²) < 4.78 is 0. The van der Waals surface area contributed by atoms with E-state index in [0.717, 1.165) is 27.6 Å². The van der Waals surface area contributed by atoms with Gasteiger partial charge in [0, 0.05) is 34.1 Å². The lowest BCUT2D eigenvalue weighted by Gasteiger charge is -2.04. The van der Waals surface area contributed by atoms with E-state index in [1.54, 1.807) is 18.2 Å². The van der Waals surface area contributed by atoms with Gasteiger partial charge in [0.15, 0.2) is 0 Å². The Bertz CT molecular complexity index is 1380. The van der Waals surface area contributed by atoms with Crippen molar-refractivity contribution in [2.45, 2.75) is 12.8 Å². The van der Waals surface area contributed by atoms with Crippen LogP contribution in [0, 0.1) is 11.3 Å². The summed E-state index contributed by atoms with van der Waals surface area (Å²) in [5.74, 6) is -0.448. The standard InChI is InChI=1S/C25H18ClN5O/c26-22-9-10-24-23(14-22)21(16-28-24)11-12-29-31-30-25(32)18-7-5-17(6-8-18)13-19-3-1-2-4-20(19)15-27/h1-10,14,16H,11-13H2/p+1. The van der Waals surface area contributed by atoms with Gasteiger partial charge in [0.1, 0.15) is 11.7 Å². The normalized spacial score (nSPS) is 10.4. The van der Waals surface area contributed by atoms with Crippen molar-refractivity contribution in [3.05, 3.63) is 106 Å². The van der Waals surface area contributed by atoms with Crippen molar-refractivity contribution >= 4 is 28.4 Å². The van der Waals surface area contributed by atoms with Gasteiger partial charge in [0.2, 0.25) is 10.0 Å². The molecule has 1 heterocycles. The molecule has 32 heavy (non-hydrogen) atoms. The number of hydrogen-bond donors (Lipinski definition) is 1. The fourth-order valence-electron chi connectivity index (χ4n) is 3.47. The zero-order valence-electron chi connectivity index (χ0n) is 17.1. The predicted molar refractivity (Wildman–Crippen MR) is 124 cm³/mol. The number of nitriles is 1. The van der Waals surface area contributed by atoms with Crippen molar-refractivity contribution in [2.75, 3.05) is 6.54 Å². The molecule has 0 radical (unpaired) electrons. The molecule has 0 unspecified atom stereocenters. The Balaban J connectivity index is 1.35. The second kappa shape index (κ2) is 9.84. The Morgan fingerprint density at radius 2 is 1.88 bits per heavy atom. The molecular formula is C25H19ClN5O+. The Morgan fingerprint density at radius 3 is 2.69 bits per heavy atom. The number of rotatable bonds is 6. The molecule has 4 aromatic rings. The van der Waals surface area contributed by atoms with E-state index in [2.05, 4.69) is 26.2 Å². The van der Waals surface area contributed by atoms with Crippen molar-refractivity contribution in [2.24, 2.45) is 10.2 Å². The van der Waals surface area contributed by atoms with Gasteiger partial charge in [-0.05, 0) is 59.5 Å². The molecule has 0 aliphatic heterocycles. The molecule has 0 atom stereocenters. The van der Waals surface area contributed by atoms with Crippen LogP contribution in [0.3, 0.4) is 0 Å². The fraction of sp³-hybridized carbons (Fsp3) is 0.120. The quantitative estimate of drug-likeness (QED) is 0.310. The molecule has 0 bridgehead atoms. The summed E-state index contributed by atoms with van der Waals surface area (Å²) in [6, 6.07) is 22.5. The smallest absolute Gasteiger partial charge is 0.360 e. The summed E-state index contributed by atoms with van der Waals surface area (Å²) in [6.07, 6.45) is 3.20. The lowest BCUT2D eigenvalue weighted by Crippen LogP contribution is -1.97. The van der Waals surface area contributed by atoms with Gasteiger partial charge >= 0.3 is 5.91 Å². The van der Waals surface area contributed by atoms with E-state index in [1.807, 2.05) is 54.7 Å². The molecule has 0 saturated heterocycles. The predicted octanol–water partition coefficient (Wildman–Crippen LogP) is 5.64. The third-order valence-corrected chi connectivity index (χ3v) is 5.38. The van der Waals surface area contributed by atoms with Crippen LogP contribution in [0.4, 0.5) is 0 Å². The van der Waals surface area contributed by atoms with Crippen LogP contribution in [0.2, 0.25) is 5.02 Å². The van der Waals surface area contributed by atoms with Crippen molar-refractivity contribution in [3.63, 3.8) is 0 Å². The van der Waals surface area contributed by atoms with Gasteiger partial charge in [-0.1, -0.05) is 41.9 Å². The molecule has 7 heteroatoms. The highest BCUT2D eigenvalue weighted by atomic mass is 35.5. The van der Waals surface area contributed by atoms with Gasteiger partial charge in [-0.25, -0.2) is 0 Å². The van der Waals surface area contributed by atoms with Gasteiger partial charge in [0.05, 0.1) is 11.6 Å². The lowest BCUT2D eigenvalue weighted by atomic mass is 9.99. The number of aromatic nitrogens is 1. The number of nitrogens with one attached hydrogen (secondary N) is 1. The van der Waals surface area contributed by atoms with Crippen LogP contribution < -0.4 is 4.91 Å². The van der Waals surface area contributed by atoms with E-state index in [9.17, 15) is 10.1 Å². The average Bonchev–Trinajstić information content (AvgIpc) is 3.21. The minimum Gasteiger partial charge on any atom is -0.361 e. The third-order valence-electron chi connectivity index (χ3n) is 5.14. The molecule has 1 N–H and O–H groups in total. The van der Waals surface area contributed by atoms with Crippen LogP contribution in [-0.2, 0) is 12.8 Å². The third kappa shape index (κ3) is 4.98. The molecule has 1 amide bonds. The summed E-state index contributed by atoms with van der Waals surface area (Å²) >= 11 is 6.07. The van der Waals surface area contributed by atoms with Crippen molar-refractivity contribution in [1.29, 1.82) is 5.26 Å². The molecule has 0 fully saturated rings. The molecule has 6 nitrogen and oxygen atoms in total. The molecule has 4 rings (SSSR count). The van der Waals surface area contributed by atoms with Crippen LogP contribution in [0.25, 0.3) is 10.9 Å². The SMILES string of the molecule is N#Cc1ccccc1Cc1ccc(C(=O)N=[N+]=NCCc2c[nH]c3ccc(Cl)cc23)cc1. The van der Waals surface area contributed by atoms with E-state index >= 15 is 0 Å². The minimum absolute atomic E-state index is 0.410. The summed E-state index contributed by atoms with van der Waals surface area (Å²) in [6.45, 7) is 0.410. The molecule has 0 saturated carbocycles. The zero-order valence-corrected chi connectivity index (χ0v) is 17.9. The maximum Gasteiger partial charge on any atom is 0.360 e. The summed E-state index contributed by atoms with van der Waals surface area (Å²) in [4.78, 5) is 19.1. The number of amides is 1. The van der Waals surface area contributed by atoms with Crippen molar-refractivity contribution < 1.29 is 4.79 Å². The second-order valence-electron chi connectivity index (χ2n) is 7.26.